The highest BCUT2D eigenvalue weighted by Crippen LogP contribution is 2.39. The van der Waals surface area contributed by atoms with Crippen LogP contribution in [0.2, 0.25) is 0 Å². The molecule has 200 valence electrons. The number of rotatable bonds is 3. The highest BCUT2D eigenvalue weighted by atomic mass is 32.1. The summed E-state index contributed by atoms with van der Waals surface area (Å²) in [5, 5.41) is 7.28. The van der Waals surface area contributed by atoms with Gasteiger partial charge in [0.15, 0.2) is 0 Å². The van der Waals surface area contributed by atoms with E-state index < -0.39 is 0 Å². The van der Waals surface area contributed by atoms with Crippen LogP contribution in [-0.4, -0.2) is 9.97 Å². The first kappa shape index (κ1) is 24.2. The Balaban J connectivity index is 1.20. The molecule has 0 saturated heterocycles. The van der Waals surface area contributed by atoms with Crippen molar-refractivity contribution in [1.82, 2.24) is 9.97 Å². The maximum Gasteiger partial charge on any atom is 0.0979 e. The Hall–Kier alpha value is -5.38. The van der Waals surface area contributed by atoms with Crippen LogP contribution in [0, 0.1) is 0 Å². The number of fused-ring (bicyclic) bond motifs is 9. The van der Waals surface area contributed by atoms with E-state index in [1.165, 1.54) is 53.2 Å². The van der Waals surface area contributed by atoms with Gasteiger partial charge < -0.3 is 0 Å². The van der Waals surface area contributed by atoms with Gasteiger partial charge in [0.2, 0.25) is 0 Å². The first-order valence-corrected chi connectivity index (χ1v) is 15.3. The molecule has 0 unspecified atom stereocenters. The van der Waals surface area contributed by atoms with E-state index in [4.69, 9.17) is 9.97 Å². The molecule has 2 heterocycles. The van der Waals surface area contributed by atoms with Crippen molar-refractivity contribution < 1.29 is 0 Å². The summed E-state index contributed by atoms with van der Waals surface area (Å²) < 4.78 is 2.66. The van der Waals surface area contributed by atoms with E-state index in [0.717, 1.165) is 33.1 Å². The molecule has 0 fully saturated rings. The van der Waals surface area contributed by atoms with Crippen LogP contribution in [0.4, 0.5) is 0 Å². The predicted molar refractivity (Wildman–Crippen MR) is 184 cm³/mol. The van der Waals surface area contributed by atoms with Crippen molar-refractivity contribution in [2.75, 3.05) is 0 Å². The fourth-order valence-corrected chi connectivity index (χ4v) is 7.47. The second-order valence-corrected chi connectivity index (χ2v) is 12.1. The van der Waals surface area contributed by atoms with Crippen molar-refractivity contribution in [3.8, 4) is 33.5 Å². The zero-order valence-corrected chi connectivity index (χ0v) is 24.0. The summed E-state index contributed by atoms with van der Waals surface area (Å²) in [4.78, 5) is 10.1. The zero-order chi connectivity index (χ0) is 28.3. The maximum absolute atomic E-state index is 5.12. The van der Waals surface area contributed by atoms with Gasteiger partial charge in [-0.1, -0.05) is 109 Å². The molecule has 0 aliphatic rings. The zero-order valence-electron chi connectivity index (χ0n) is 23.2. The topological polar surface area (TPSA) is 25.8 Å². The molecule has 9 rings (SSSR count). The van der Waals surface area contributed by atoms with Gasteiger partial charge in [-0.05, 0) is 63.4 Å². The molecule has 0 aliphatic carbocycles. The Bertz CT molecular complexity index is 2490. The van der Waals surface area contributed by atoms with Crippen molar-refractivity contribution in [2.45, 2.75) is 0 Å². The van der Waals surface area contributed by atoms with Crippen LogP contribution in [0.25, 0.3) is 86.3 Å². The summed E-state index contributed by atoms with van der Waals surface area (Å²) in [6, 6.07) is 50.0. The molecule has 2 aromatic heterocycles. The van der Waals surface area contributed by atoms with E-state index in [1.807, 2.05) is 35.7 Å². The van der Waals surface area contributed by atoms with Crippen molar-refractivity contribution >= 4 is 64.1 Å². The maximum atomic E-state index is 5.12. The van der Waals surface area contributed by atoms with Gasteiger partial charge in [-0.2, -0.15) is 0 Å². The molecular formula is C40H24N2S. The van der Waals surface area contributed by atoms with Crippen LogP contribution >= 0.6 is 11.3 Å². The summed E-state index contributed by atoms with van der Waals surface area (Å²) in [5.41, 5.74) is 8.68. The van der Waals surface area contributed by atoms with Crippen LogP contribution < -0.4 is 0 Å². The molecule has 0 aliphatic heterocycles. The lowest BCUT2D eigenvalue weighted by atomic mass is 9.94. The lowest BCUT2D eigenvalue weighted by Gasteiger charge is -2.12. The largest absolute Gasteiger partial charge is 0.252 e. The Morgan fingerprint density at radius 1 is 0.372 bits per heavy atom. The molecule has 0 bridgehead atoms. The minimum atomic E-state index is 0.889. The van der Waals surface area contributed by atoms with E-state index >= 15 is 0 Å². The minimum absolute atomic E-state index is 0.889. The van der Waals surface area contributed by atoms with Crippen LogP contribution in [0.1, 0.15) is 0 Å². The second kappa shape index (κ2) is 9.59. The van der Waals surface area contributed by atoms with Gasteiger partial charge in [0, 0.05) is 36.5 Å². The van der Waals surface area contributed by atoms with E-state index in [0.29, 0.717) is 0 Å². The molecule has 0 N–H and O–H groups in total. The third kappa shape index (κ3) is 3.93. The molecule has 0 radical (unpaired) electrons. The van der Waals surface area contributed by atoms with Gasteiger partial charge >= 0.3 is 0 Å². The quantitative estimate of drug-likeness (QED) is 0.199. The van der Waals surface area contributed by atoms with Gasteiger partial charge in [0.25, 0.3) is 0 Å². The van der Waals surface area contributed by atoms with Gasteiger partial charge in [-0.25, -0.2) is 4.98 Å². The molecule has 0 saturated carbocycles. The van der Waals surface area contributed by atoms with Gasteiger partial charge in [0.1, 0.15) is 0 Å². The lowest BCUT2D eigenvalue weighted by molar-refractivity contribution is 1.31. The summed E-state index contributed by atoms with van der Waals surface area (Å²) in [5.74, 6) is 0. The number of thiophene rings is 1. The van der Waals surface area contributed by atoms with Crippen LogP contribution in [0.3, 0.4) is 0 Å². The number of hydrogen-bond acceptors (Lipinski definition) is 3. The second-order valence-electron chi connectivity index (χ2n) is 11.0. The van der Waals surface area contributed by atoms with Gasteiger partial charge in [-0.3, -0.25) is 4.98 Å². The fraction of sp³-hybridized carbons (Fsp3) is 0. The highest BCUT2D eigenvalue weighted by Gasteiger charge is 2.14. The van der Waals surface area contributed by atoms with Crippen molar-refractivity contribution in [1.29, 1.82) is 0 Å². The fourth-order valence-electron chi connectivity index (χ4n) is 6.38. The normalized spacial score (nSPS) is 11.7. The Labute approximate surface area is 252 Å². The molecule has 0 amide bonds. The average molecular weight is 565 g/mol. The molecule has 7 aromatic carbocycles. The van der Waals surface area contributed by atoms with Gasteiger partial charge in [0.05, 0.1) is 22.9 Å². The number of hydrogen-bond donors (Lipinski definition) is 0. The van der Waals surface area contributed by atoms with Gasteiger partial charge in [-0.15, -0.1) is 11.3 Å². The summed E-state index contributed by atoms with van der Waals surface area (Å²) in [6.45, 7) is 0. The molecule has 2 nitrogen and oxygen atoms in total. The lowest BCUT2D eigenvalue weighted by Crippen LogP contribution is -1.92. The molecule has 9 aromatic rings. The van der Waals surface area contributed by atoms with E-state index in [9.17, 15) is 0 Å². The van der Waals surface area contributed by atoms with E-state index in [2.05, 4.69) is 121 Å². The van der Waals surface area contributed by atoms with Crippen molar-refractivity contribution in [3.63, 3.8) is 0 Å². The predicted octanol–water partition coefficient (Wildman–Crippen LogP) is 11.3. The number of nitrogens with zero attached hydrogens (tertiary/aromatic N) is 2. The third-order valence-corrected chi connectivity index (χ3v) is 9.65. The van der Waals surface area contributed by atoms with Crippen LogP contribution in [0.15, 0.2) is 146 Å². The first-order chi connectivity index (χ1) is 21.3. The first-order valence-electron chi connectivity index (χ1n) is 14.5. The Morgan fingerprint density at radius 3 is 1.81 bits per heavy atom. The monoisotopic (exact) mass is 564 g/mol. The van der Waals surface area contributed by atoms with E-state index in [-0.39, 0.29) is 0 Å². The standard InChI is InChI=1S/C40H24N2S/c1-2-9-25(10-3-1)36-24-41-39-33-19-17-28(22-34(33)30-13-4-5-15-32(30)40(39)42-36)26-11-8-12-27(21-26)29-18-20-38-35(23-29)31-14-6-7-16-37(31)43-38/h1-24H. The van der Waals surface area contributed by atoms with Crippen LogP contribution in [0.5, 0.6) is 0 Å². The van der Waals surface area contributed by atoms with Crippen molar-refractivity contribution in [3.05, 3.63) is 146 Å². The highest BCUT2D eigenvalue weighted by molar-refractivity contribution is 7.25. The summed E-state index contributed by atoms with van der Waals surface area (Å²) >= 11 is 1.86. The SMILES string of the molecule is c1ccc(-c2cnc3c4ccc(-c5cccc(-c6ccc7sc8ccccc8c7c6)c5)cc4c4ccccc4c3n2)cc1. The Kier molecular flexibility index (Phi) is 5.40. The molecule has 3 heteroatoms. The molecular weight excluding hydrogens is 541 g/mol. The summed E-state index contributed by atoms with van der Waals surface area (Å²) in [6.07, 6.45) is 1.90. The Morgan fingerprint density at radius 2 is 0.977 bits per heavy atom. The molecule has 0 spiro atoms. The average Bonchev–Trinajstić information content (AvgIpc) is 3.46. The number of benzene rings is 7. The number of aromatic nitrogens is 2. The smallest absolute Gasteiger partial charge is 0.0979 e. The van der Waals surface area contributed by atoms with Crippen LogP contribution in [-0.2, 0) is 0 Å². The van der Waals surface area contributed by atoms with Crippen molar-refractivity contribution in [2.24, 2.45) is 0 Å². The van der Waals surface area contributed by atoms with E-state index in [1.54, 1.807) is 0 Å². The molecule has 43 heavy (non-hydrogen) atoms. The minimum Gasteiger partial charge on any atom is -0.252 e. The third-order valence-electron chi connectivity index (χ3n) is 8.50. The summed E-state index contributed by atoms with van der Waals surface area (Å²) in [7, 11) is 0. The molecule has 0 atom stereocenters.